The Morgan fingerprint density at radius 3 is 2.37 bits per heavy atom. The fraction of sp³-hybridized carbons (Fsp3) is 0.786. The Labute approximate surface area is 112 Å². The number of hydrogen-bond donors (Lipinski definition) is 1. The monoisotopic (exact) mass is 261 g/mol. The second-order valence-corrected chi connectivity index (χ2v) is 6.86. The summed E-state index contributed by atoms with van der Waals surface area (Å²) in [6, 6.07) is 0. The van der Waals surface area contributed by atoms with Gasteiger partial charge in [0.25, 0.3) is 0 Å². The van der Waals surface area contributed by atoms with Gasteiger partial charge in [0.1, 0.15) is 12.9 Å². The van der Waals surface area contributed by atoms with Crippen molar-refractivity contribution in [2.75, 3.05) is 0 Å². The highest BCUT2D eigenvalue weighted by atomic mass is 16.4. The van der Waals surface area contributed by atoms with E-state index in [1.165, 1.54) is 43.2 Å². The van der Waals surface area contributed by atoms with Gasteiger partial charge < -0.3 is 5.11 Å². The van der Waals surface area contributed by atoms with Crippen LogP contribution in [0, 0.1) is 17.8 Å². The van der Waals surface area contributed by atoms with Gasteiger partial charge in [0.15, 0.2) is 5.82 Å². The van der Waals surface area contributed by atoms with Crippen LogP contribution in [-0.2, 0) is 16.8 Å². The minimum atomic E-state index is -0.859. The smallest absolute Gasteiger partial charge is 0.325 e. The molecule has 19 heavy (non-hydrogen) atoms. The normalized spacial score (nSPS) is 39.7. The van der Waals surface area contributed by atoms with E-state index in [9.17, 15) is 4.79 Å². The summed E-state index contributed by atoms with van der Waals surface area (Å²) in [6.07, 6.45) is 9.43. The van der Waals surface area contributed by atoms with Crippen LogP contribution in [0.25, 0.3) is 0 Å². The highest BCUT2D eigenvalue weighted by molar-refractivity contribution is 5.66. The molecule has 5 rings (SSSR count). The summed E-state index contributed by atoms with van der Waals surface area (Å²) in [6.45, 7) is -0.0840. The van der Waals surface area contributed by atoms with Gasteiger partial charge in [-0.15, -0.1) is 0 Å². The van der Waals surface area contributed by atoms with E-state index in [-0.39, 0.29) is 12.0 Å². The highest BCUT2D eigenvalue weighted by Gasteiger charge is 2.53. The van der Waals surface area contributed by atoms with E-state index in [0.717, 1.165) is 23.6 Å². The van der Waals surface area contributed by atoms with Crippen molar-refractivity contribution >= 4 is 5.97 Å². The van der Waals surface area contributed by atoms with Gasteiger partial charge in [-0.1, -0.05) is 0 Å². The lowest BCUT2D eigenvalue weighted by Gasteiger charge is -2.55. The molecule has 4 aliphatic carbocycles. The molecule has 102 valence electrons. The largest absolute Gasteiger partial charge is 0.480 e. The SMILES string of the molecule is O=C(O)Cn1cnc(C23CC4CC(CC(C4)C2)C3)n1. The molecule has 5 nitrogen and oxygen atoms in total. The summed E-state index contributed by atoms with van der Waals surface area (Å²) < 4.78 is 1.47. The molecule has 0 atom stereocenters. The van der Waals surface area contributed by atoms with Crippen molar-refractivity contribution in [2.45, 2.75) is 50.5 Å². The molecular formula is C14H19N3O2. The van der Waals surface area contributed by atoms with Crippen molar-refractivity contribution in [3.63, 3.8) is 0 Å². The minimum Gasteiger partial charge on any atom is -0.480 e. The molecule has 4 aliphatic rings. The molecule has 4 fully saturated rings. The van der Waals surface area contributed by atoms with E-state index < -0.39 is 5.97 Å². The summed E-state index contributed by atoms with van der Waals surface area (Å²) in [4.78, 5) is 15.2. The summed E-state index contributed by atoms with van der Waals surface area (Å²) in [5.41, 5.74) is 0.165. The lowest BCUT2D eigenvalue weighted by Crippen LogP contribution is -2.49. The first-order valence-electron chi connectivity index (χ1n) is 7.25. The zero-order valence-corrected chi connectivity index (χ0v) is 11.0. The fourth-order valence-corrected chi connectivity index (χ4v) is 5.14. The lowest BCUT2D eigenvalue weighted by molar-refractivity contribution is -0.137. The maximum atomic E-state index is 10.7. The molecule has 0 amide bonds. The standard InChI is InChI=1S/C14H19N3O2/c18-12(19)7-17-8-15-13(16-17)14-4-9-1-10(5-14)3-11(2-9)6-14/h8-11H,1-7H2,(H,18,19). The number of aromatic nitrogens is 3. The maximum absolute atomic E-state index is 10.7. The van der Waals surface area contributed by atoms with Crippen molar-refractivity contribution in [2.24, 2.45) is 17.8 Å². The van der Waals surface area contributed by atoms with Crippen molar-refractivity contribution in [3.8, 4) is 0 Å². The van der Waals surface area contributed by atoms with Crippen LogP contribution in [0.3, 0.4) is 0 Å². The molecule has 0 spiro atoms. The first-order valence-corrected chi connectivity index (χ1v) is 7.25. The molecule has 1 heterocycles. The van der Waals surface area contributed by atoms with Gasteiger partial charge in [0.05, 0.1) is 0 Å². The molecule has 0 unspecified atom stereocenters. The zero-order chi connectivity index (χ0) is 13.0. The summed E-state index contributed by atoms with van der Waals surface area (Å²) in [7, 11) is 0. The zero-order valence-electron chi connectivity index (χ0n) is 11.0. The molecule has 0 aliphatic heterocycles. The molecule has 0 saturated heterocycles. The van der Waals surface area contributed by atoms with Gasteiger partial charge in [-0.2, -0.15) is 5.10 Å². The average Bonchev–Trinajstić information content (AvgIpc) is 2.75. The molecule has 1 aromatic rings. The van der Waals surface area contributed by atoms with Crippen LogP contribution >= 0.6 is 0 Å². The molecule has 0 aromatic carbocycles. The van der Waals surface area contributed by atoms with Crippen molar-refractivity contribution in [3.05, 3.63) is 12.2 Å². The molecular weight excluding hydrogens is 242 g/mol. The topological polar surface area (TPSA) is 68.0 Å². The second-order valence-electron chi connectivity index (χ2n) is 6.86. The third kappa shape index (κ3) is 1.78. The van der Waals surface area contributed by atoms with Gasteiger partial charge in [-0.05, 0) is 56.3 Å². The minimum absolute atomic E-state index is 0.0840. The Morgan fingerprint density at radius 1 is 1.26 bits per heavy atom. The van der Waals surface area contributed by atoms with Crippen LogP contribution < -0.4 is 0 Å². The molecule has 1 aromatic heterocycles. The Kier molecular flexibility index (Phi) is 2.29. The summed E-state index contributed by atoms with van der Waals surface area (Å²) in [5.74, 6) is 2.63. The number of carboxylic acid groups (broad SMARTS) is 1. The van der Waals surface area contributed by atoms with Crippen LogP contribution in [0.2, 0.25) is 0 Å². The Hall–Kier alpha value is -1.39. The Morgan fingerprint density at radius 2 is 1.84 bits per heavy atom. The van der Waals surface area contributed by atoms with E-state index in [1.54, 1.807) is 6.33 Å². The third-order valence-corrected chi connectivity index (χ3v) is 5.35. The number of carboxylic acids is 1. The van der Waals surface area contributed by atoms with E-state index in [2.05, 4.69) is 10.1 Å². The molecule has 1 N–H and O–H groups in total. The predicted molar refractivity (Wildman–Crippen MR) is 67.5 cm³/mol. The fourth-order valence-electron chi connectivity index (χ4n) is 5.14. The van der Waals surface area contributed by atoms with Gasteiger partial charge in [-0.3, -0.25) is 4.79 Å². The van der Waals surface area contributed by atoms with Crippen LogP contribution in [0.5, 0.6) is 0 Å². The number of aliphatic carboxylic acids is 1. The van der Waals surface area contributed by atoms with Crippen molar-refractivity contribution < 1.29 is 9.90 Å². The molecule has 5 heteroatoms. The maximum Gasteiger partial charge on any atom is 0.325 e. The van der Waals surface area contributed by atoms with Crippen LogP contribution in [0.4, 0.5) is 0 Å². The molecule has 4 saturated carbocycles. The third-order valence-electron chi connectivity index (χ3n) is 5.35. The number of nitrogens with zero attached hydrogens (tertiary/aromatic N) is 3. The average molecular weight is 261 g/mol. The van der Waals surface area contributed by atoms with Gasteiger partial charge in [0, 0.05) is 5.41 Å². The van der Waals surface area contributed by atoms with E-state index in [1.807, 2.05) is 0 Å². The number of carbonyl (C=O) groups is 1. The van der Waals surface area contributed by atoms with Gasteiger partial charge >= 0.3 is 5.97 Å². The Balaban J connectivity index is 1.64. The summed E-state index contributed by atoms with van der Waals surface area (Å²) >= 11 is 0. The van der Waals surface area contributed by atoms with E-state index in [4.69, 9.17) is 5.11 Å². The van der Waals surface area contributed by atoms with E-state index >= 15 is 0 Å². The van der Waals surface area contributed by atoms with Crippen LogP contribution in [0.15, 0.2) is 6.33 Å². The van der Waals surface area contributed by atoms with Gasteiger partial charge in [-0.25, -0.2) is 9.67 Å². The predicted octanol–water partition coefficient (Wildman–Crippen LogP) is 1.83. The first kappa shape index (κ1) is 11.4. The molecule has 0 radical (unpaired) electrons. The highest BCUT2D eigenvalue weighted by Crippen LogP contribution is 2.60. The second kappa shape index (κ2) is 3.81. The number of hydrogen-bond acceptors (Lipinski definition) is 3. The Bertz CT molecular complexity index is 487. The van der Waals surface area contributed by atoms with Gasteiger partial charge in [0.2, 0.25) is 0 Å². The van der Waals surface area contributed by atoms with Crippen LogP contribution in [-0.4, -0.2) is 25.8 Å². The van der Waals surface area contributed by atoms with E-state index in [0.29, 0.717) is 0 Å². The van der Waals surface area contributed by atoms with Crippen molar-refractivity contribution in [1.29, 1.82) is 0 Å². The lowest BCUT2D eigenvalue weighted by atomic mass is 9.49. The number of rotatable bonds is 3. The summed E-state index contributed by atoms with van der Waals surface area (Å²) in [5, 5.41) is 13.3. The molecule has 4 bridgehead atoms. The first-order chi connectivity index (χ1) is 9.13. The van der Waals surface area contributed by atoms with Crippen molar-refractivity contribution in [1.82, 2.24) is 14.8 Å². The van der Waals surface area contributed by atoms with Crippen LogP contribution in [0.1, 0.15) is 44.3 Å². The quantitative estimate of drug-likeness (QED) is 0.901.